The summed E-state index contributed by atoms with van der Waals surface area (Å²) >= 11 is 3.32. The van der Waals surface area contributed by atoms with Gasteiger partial charge >= 0.3 is 0 Å². The van der Waals surface area contributed by atoms with Crippen LogP contribution in [0.25, 0.3) is 11.0 Å². The van der Waals surface area contributed by atoms with Crippen LogP contribution in [0.15, 0.2) is 57.4 Å². The largest absolute Gasteiger partial charge is 0.508 e. The second-order valence-corrected chi connectivity index (χ2v) is 5.08. The van der Waals surface area contributed by atoms with Crippen molar-refractivity contribution in [2.75, 3.05) is 0 Å². The highest BCUT2D eigenvalue weighted by atomic mass is 79.9. The fourth-order valence-electron chi connectivity index (χ4n) is 1.88. The van der Waals surface area contributed by atoms with Crippen molar-refractivity contribution < 1.29 is 14.3 Å². The molecule has 0 spiro atoms. The third-order valence-electron chi connectivity index (χ3n) is 2.83. The summed E-state index contributed by atoms with van der Waals surface area (Å²) < 4.78 is 6.39. The average molecular weight is 317 g/mol. The molecule has 0 saturated carbocycles. The number of halogens is 1. The third kappa shape index (κ3) is 2.27. The van der Waals surface area contributed by atoms with E-state index in [1.54, 1.807) is 30.3 Å². The maximum atomic E-state index is 12.2. The molecule has 0 aliphatic carbocycles. The predicted octanol–water partition coefficient (Wildman–Crippen LogP) is 4.13. The van der Waals surface area contributed by atoms with E-state index in [-0.39, 0.29) is 17.3 Å². The Morgan fingerprint density at radius 3 is 2.53 bits per heavy atom. The number of carbonyl (C=O) groups excluding carboxylic acids is 1. The molecule has 0 unspecified atom stereocenters. The van der Waals surface area contributed by atoms with Crippen molar-refractivity contribution in [3.8, 4) is 5.75 Å². The predicted molar refractivity (Wildman–Crippen MR) is 75.5 cm³/mol. The van der Waals surface area contributed by atoms with Crippen LogP contribution in [0.1, 0.15) is 16.1 Å². The molecule has 0 atom stereocenters. The van der Waals surface area contributed by atoms with Crippen molar-refractivity contribution in [3.63, 3.8) is 0 Å². The molecule has 0 aliphatic rings. The molecular formula is C15H9BrO3. The first-order valence-electron chi connectivity index (χ1n) is 5.66. The van der Waals surface area contributed by atoms with Crippen molar-refractivity contribution in [1.82, 2.24) is 0 Å². The third-order valence-corrected chi connectivity index (χ3v) is 3.36. The van der Waals surface area contributed by atoms with Gasteiger partial charge in [0.05, 0.1) is 0 Å². The fraction of sp³-hybridized carbons (Fsp3) is 0. The molecule has 0 bridgehead atoms. The Hall–Kier alpha value is -2.07. The molecule has 0 fully saturated rings. The minimum atomic E-state index is -0.178. The lowest BCUT2D eigenvalue weighted by molar-refractivity contribution is 0.101. The molecular weight excluding hydrogens is 308 g/mol. The zero-order valence-electron chi connectivity index (χ0n) is 9.76. The van der Waals surface area contributed by atoms with Gasteiger partial charge in [0.2, 0.25) is 5.78 Å². The summed E-state index contributed by atoms with van der Waals surface area (Å²) in [5, 5.41) is 10.2. The lowest BCUT2D eigenvalue weighted by atomic mass is 10.1. The maximum absolute atomic E-state index is 12.2. The topological polar surface area (TPSA) is 50.4 Å². The number of hydrogen-bond acceptors (Lipinski definition) is 3. The number of ketones is 1. The Labute approximate surface area is 117 Å². The van der Waals surface area contributed by atoms with Crippen molar-refractivity contribution in [1.29, 1.82) is 0 Å². The van der Waals surface area contributed by atoms with Gasteiger partial charge in [0.1, 0.15) is 11.3 Å². The smallest absolute Gasteiger partial charge is 0.228 e. The van der Waals surface area contributed by atoms with Crippen LogP contribution in [0, 0.1) is 0 Å². The van der Waals surface area contributed by atoms with Gasteiger partial charge in [-0.3, -0.25) is 4.79 Å². The Bertz CT molecular complexity index is 757. The first kappa shape index (κ1) is 12.0. The van der Waals surface area contributed by atoms with E-state index in [1.165, 1.54) is 6.07 Å². The van der Waals surface area contributed by atoms with E-state index in [0.717, 1.165) is 9.86 Å². The summed E-state index contributed by atoms with van der Waals surface area (Å²) in [6.45, 7) is 0. The van der Waals surface area contributed by atoms with Crippen molar-refractivity contribution >= 4 is 32.7 Å². The molecule has 94 valence electrons. The number of phenols is 1. The minimum Gasteiger partial charge on any atom is -0.508 e. The zero-order chi connectivity index (χ0) is 13.4. The van der Waals surface area contributed by atoms with Crippen LogP contribution in [0.3, 0.4) is 0 Å². The van der Waals surface area contributed by atoms with E-state index in [9.17, 15) is 9.90 Å². The maximum Gasteiger partial charge on any atom is 0.228 e. The quantitative estimate of drug-likeness (QED) is 0.723. The van der Waals surface area contributed by atoms with E-state index < -0.39 is 0 Å². The van der Waals surface area contributed by atoms with Crippen LogP contribution in [-0.4, -0.2) is 10.9 Å². The SMILES string of the molecule is O=C(c1ccc(Br)cc1)c1cc2ccc(O)cc2o1. The molecule has 4 heteroatoms. The van der Waals surface area contributed by atoms with Gasteiger partial charge < -0.3 is 9.52 Å². The lowest BCUT2D eigenvalue weighted by Gasteiger charge is -1.97. The first-order valence-corrected chi connectivity index (χ1v) is 6.45. The van der Waals surface area contributed by atoms with Crippen LogP contribution in [0.4, 0.5) is 0 Å². The zero-order valence-corrected chi connectivity index (χ0v) is 11.3. The number of fused-ring (bicyclic) bond motifs is 1. The van der Waals surface area contributed by atoms with Gasteiger partial charge in [-0.15, -0.1) is 0 Å². The standard InChI is InChI=1S/C15H9BrO3/c16-11-4-1-9(2-5-11)15(18)14-7-10-3-6-12(17)8-13(10)19-14/h1-8,17H. The molecule has 19 heavy (non-hydrogen) atoms. The van der Waals surface area contributed by atoms with Crippen LogP contribution in [0.5, 0.6) is 5.75 Å². The van der Waals surface area contributed by atoms with Crippen LogP contribution >= 0.6 is 15.9 Å². The monoisotopic (exact) mass is 316 g/mol. The molecule has 2 aromatic carbocycles. The second-order valence-electron chi connectivity index (χ2n) is 4.17. The van der Waals surface area contributed by atoms with E-state index in [4.69, 9.17) is 4.42 Å². The highest BCUT2D eigenvalue weighted by Crippen LogP contribution is 2.25. The molecule has 1 heterocycles. The molecule has 3 aromatic rings. The molecule has 0 radical (unpaired) electrons. The Balaban J connectivity index is 2.04. The van der Waals surface area contributed by atoms with Gasteiger partial charge in [0, 0.05) is 21.5 Å². The number of rotatable bonds is 2. The Kier molecular flexibility index (Phi) is 2.87. The summed E-state index contributed by atoms with van der Waals surface area (Å²) in [5.41, 5.74) is 1.06. The summed E-state index contributed by atoms with van der Waals surface area (Å²) in [4.78, 5) is 12.2. The van der Waals surface area contributed by atoms with E-state index in [0.29, 0.717) is 11.1 Å². The van der Waals surface area contributed by atoms with Gasteiger partial charge in [-0.05, 0) is 42.5 Å². The number of aromatic hydroxyl groups is 1. The Morgan fingerprint density at radius 1 is 1.05 bits per heavy atom. The van der Waals surface area contributed by atoms with Crippen molar-refractivity contribution in [3.05, 3.63) is 64.3 Å². The molecule has 1 aromatic heterocycles. The number of carbonyl (C=O) groups is 1. The first-order chi connectivity index (χ1) is 9.13. The number of phenolic OH excluding ortho intramolecular Hbond substituents is 1. The van der Waals surface area contributed by atoms with E-state index >= 15 is 0 Å². The van der Waals surface area contributed by atoms with Gasteiger partial charge in [-0.2, -0.15) is 0 Å². The molecule has 3 rings (SSSR count). The number of hydrogen-bond donors (Lipinski definition) is 1. The normalized spacial score (nSPS) is 10.8. The van der Waals surface area contributed by atoms with Crippen LogP contribution in [0.2, 0.25) is 0 Å². The summed E-state index contributed by atoms with van der Waals surface area (Å²) in [5.74, 6) is 0.204. The van der Waals surface area contributed by atoms with E-state index in [1.807, 2.05) is 12.1 Å². The van der Waals surface area contributed by atoms with Gasteiger partial charge in [0.15, 0.2) is 5.76 Å². The molecule has 3 nitrogen and oxygen atoms in total. The number of furan rings is 1. The van der Waals surface area contributed by atoms with Crippen molar-refractivity contribution in [2.45, 2.75) is 0 Å². The Morgan fingerprint density at radius 2 is 1.79 bits per heavy atom. The lowest BCUT2D eigenvalue weighted by Crippen LogP contribution is -1.98. The molecule has 0 saturated heterocycles. The summed E-state index contributed by atoms with van der Waals surface area (Å²) in [7, 11) is 0. The van der Waals surface area contributed by atoms with Crippen LogP contribution in [-0.2, 0) is 0 Å². The molecule has 0 amide bonds. The molecule has 1 N–H and O–H groups in total. The van der Waals surface area contributed by atoms with Crippen LogP contribution < -0.4 is 0 Å². The summed E-state index contributed by atoms with van der Waals surface area (Å²) in [6.07, 6.45) is 0. The second kappa shape index (κ2) is 4.55. The van der Waals surface area contributed by atoms with Gasteiger partial charge in [-0.25, -0.2) is 0 Å². The van der Waals surface area contributed by atoms with E-state index in [2.05, 4.69) is 15.9 Å². The fourth-order valence-corrected chi connectivity index (χ4v) is 2.14. The summed E-state index contributed by atoms with van der Waals surface area (Å²) in [6, 6.07) is 13.5. The van der Waals surface area contributed by atoms with Gasteiger partial charge in [0.25, 0.3) is 0 Å². The average Bonchev–Trinajstić information content (AvgIpc) is 2.81. The van der Waals surface area contributed by atoms with Gasteiger partial charge in [-0.1, -0.05) is 15.9 Å². The number of benzene rings is 2. The highest BCUT2D eigenvalue weighted by molar-refractivity contribution is 9.10. The molecule has 0 aliphatic heterocycles. The highest BCUT2D eigenvalue weighted by Gasteiger charge is 2.14. The van der Waals surface area contributed by atoms with Crippen molar-refractivity contribution in [2.24, 2.45) is 0 Å². The minimum absolute atomic E-state index is 0.115.